The average Bonchev–Trinajstić information content (AvgIpc) is 2.88. The minimum absolute atomic E-state index is 0.182. The van der Waals surface area contributed by atoms with E-state index in [-0.39, 0.29) is 6.04 Å². The van der Waals surface area contributed by atoms with Crippen LogP contribution in [0.3, 0.4) is 0 Å². The molecular weight excluding hydrogens is 444 g/mol. The average molecular weight is 475 g/mol. The van der Waals surface area contributed by atoms with Crippen LogP contribution in [0.4, 0.5) is 0 Å². The van der Waals surface area contributed by atoms with E-state index in [2.05, 4.69) is 6.07 Å². The second kappa shape index (κ2) is 10.0. The molecule has 0 atom stereocenters. The Bertz CT molecular complexity index is 1260. The third-order valence-electron chi connectivity index (χ3n) is 6.86. The summed E-state index contributed by atoms with van der Waals surface area (Å²) in [6, 6.07) is 26.8. The second-order valence-electron chi connectivity index (χ2n) is 9.01. The molecule has 0 N–H and O–H groups in total. The summed E-state index contributed by atoms with van der Waals surface area (Å²) < 4.78 is 34.6. The van der Waals surface area contributed by atoms with Crippen LogP contribution in [0, 0.1) is 18.3 Å². The monoisotopic (exact) mass is 474 g/mol. The summed E-state index contributed by atoms with van der Waals surface area (Å²) in [6.45, 7) is 2.25. The predicted molar refractivity (Wildman–Crippen MR) is 133 cm³/mol. The summed E-state index contributed by atoms with van der Waals surface area (Å²) in [5.74, 6) is 0.724. The van der Waals surface area contributed by atoms with Crippen LogP contribution in [0.15, 0.2) is 83.8 Å². The van der Waals surface area contributed by atoms with Gasteiger partial charge in [-0.3, -0.25) is 0 Å². The topological polar surface area (TPSA) is 70.4 Å². The second-order valence-corrected chi connectivity index (χ2v) is 10.9. The Morgan fingerprint density at radius 3 is 2.29 bits per heavy atom. The third kappa shape index (κ3) is 4.86. The zero-order valence-electron chi connectivity index (χ0n) is 19.6. The molecule has 0 amide bonds. The van der Waals surface area contributed by atoms with Crippen LogP contribution >= 0.6 is 0 Å². The number of nitrogens with zero attached hydrogens (tertiary/aromatic N) is 2. The van der Waals surface area contributed by atoms with Crippen molar-refractivity contribution in [3.05, 3.63) is 95.6 Å². The molecule has 0 radical (unpaired) electrons. The van der Waals surface area contributed by atoms with Gasteiger partial charge in [0.1, 0.15) is 5.75 Å². The van der Waals surface area contributed by atoms with Crippen molar-refractivity contribution in [1.82, 2.24) is 4.31 Å². The zero-order valence-corrected chi connectivity index (χ0v) is 20.5. The first kappa shape index (κ1) is 24.0. The van der Waals surface area contributed by atoms with E-state index in [1.54, 1.807) is 23.5 Å². The van der Waals surface area contributed by atoms with Crippen LogP contribution in [-0.4, -0.2) is 25.9 Å². The SMILES string of the molecule is COc1cccc([C@]2(C#N)CC[C@@H](N(Cc3ccccc3)S(=O)(=O)c3ccc(C)cc3)CC2)c1. The number of methoxy groups -OCH3 is 1. The summed E-state index contributed by atoms with van der Waals surface area (Å²) >= 11 is 0. The number of rotatable bonds is 7. The normalized spacial score (nSPS) is 20.6. The van der Waals surface area contributed by atoms with E-state index < -0.39 is 15.4 Å². The molecule has 0 unspecified atom stereocenters. The molecule has 0 saturated heterocycles. The molecule has 1 fully saturated rings. The first-order chi connectivity index (χ1) is 16.4. The summed E-state index contributed by atoms with van der Waals surface area (Å²) in [4.78, 5) is 0.305. The van der Waals surface area contributed by atoms with Crippen molar-refractivity contribution >= 4 is 10.0 Å². The molecule has 3 aromatic carbocycles. The smallest absolute Gasteiger partial charge is 0.243 e. The first-order valence-electron chi connectivity index (χ1n) is 11.6. The molecule has 0 aliphatic heterocycles. The molecule has 0 spiro atoms. The largest absolute Gasteiger partial charge is 0.497 e. The summed E-state index contributed by atoms with van der Waals surface area (Å²) in [6.07, 6.45) is 2.41. The fraction of sp³-hybridized carbons (Fsp3) is 0.321. The number of sulfonamides is 1. The molecule has 0 heterocycles. The maximum absolute atomic E-state index is 13.8. The maximum atomic E-state index is 13.8. The first-order valence-corrected chi connectivity index (χ1v) is 13.0. The Morgan fingerprint density at radius 2 is 1.68 bits per heavy atom. The van der Waals surface area contributed by atoms with Crippen LogP contribution in [0.5, 0.6) is 5.75 Å². The zero-order chi connectivity index (χ0) is 24.2. The number of aryl methyl sites for hydroxylation is 1. The minimum atomic E-state index is -3.70. The molecule has 1 aliphatic rings. The van der Waals surface area contributed by atoms with Crippen molar-refractivity contribution in [2.75, 3.05) is 7.11 Å². The summed E-state index contributed by atoms with van der Waals surface area (Å²) in [5, 5.41) is 10.2. The lowest BCUT2D eigenvalue weighted by Gasteiger charge is -2.40. The van der Waals surface area contributed by atoms with Crippen molar-refractivity contribution in [3.8, 4) is 11.8 Å². The van der Waals surface area contributed by atoms with E-state index in [0.717, 1.165) is 22.4 Å². The van der Waals surface area contributed by atoms with Crippen molar-refractivity contribution in [2.24, 2.45) is 0 Å². The molecule has 5 nitrogen and oxygen atoms in total. The Morgan fingerprint density at radius 1 is 1.00 bits per heavy atom. The Labute approximate surface area is 202 Å². The highest BCUT2D eigenvalue weighted by Gasteiger charge is 2.41. The van der Waals surface area contributed by atoms with Crippen molar-refractivity contribution in [2.45, 2.75) is 55.5 Å². The Hall–Kier alpha value is -3.14. The van der Waals surface area contributed by atoms with E-state index in [1.165, 1.54) is 0 Å². The van der Waals surface area contributed by atoms with Crippen LogP contribution in [0.25, 0.3) is 0 Å². The highest BCUT2D eigenvalue weighted by molar-refractivity contribution is 7.89. The lowest BCUT2D eigenvalue weighted by atomic mass is 9.69. The summed E-state index contributed by atoms with van der Waals surface area (Å²) in [7, 11) is -2.09. The van der Waals surface area contributed by atoms with Gasteiger partial charge in [0.2, 0.25) is 10.0 Å². The number of ether oxygens (including phenoxy) is 1. The fourth-order valence-corrected chi connectivity index (χ4v) is 6.46. The van der Waals surface area contributed by atoms with E-state index in [9.17, 15) is 13.7 Å². The molecule has 0 aromatic heterocycles. The van der Waals surface area contributed by atoms with Gasteiger partial charge in [0.05, 0.1) is 23.5 Å². The van der Waals surface area contributed by atoms with Gasteiger partial charge in [-0.2, -0.15) is 9.57 Å². The molecular formula is C28H30N2O3S. The number of hydrogen-bond donors (Lipinski definition) is 0. The van der Waals surface area contributed by atoms with Gasteiger partial charge in [-0.05, 0) is 68.0 Å². The molecule has 34 heavy (non-hydrogen) atoms. The van der Waals surface area contributed by atoms with Crippen molar-refractivity contribution in [1.29, 1.82) is 5.26 Å². The van der Waals surface area contributed by atoms with Gasteiger partial charge in [0.25, 0.3) is 0 Å². The lowest BCUT2D eigenvalue weighted by Crippen LogP contribution is -2.44. The van der Waals surface area contributed by atoms with Gasteiger partial charge in [-0.1, -0.05) is 60.2 Å². The Balaban J connectivity index is 1.64. The van der Waals surface area contributed by atoms with Crippen LogP contribution in [-0.2, 0) is 22.0 Å². The van der Waals surface area contributed by atoms with Crippen molar-refractivity contribution in [3.63, 3.8) is 0 Å². The number of benzene rings is 3. The van der Waals surface area contributed by atoms with E-state index in [1.807, 2.05) is 73.7 Å². The standard InChI is InChI=1S/C28H30N2O3S/c1-22-11-13-27(14-12-22)34(31,32)30(20-23-7-4-3-5-8-23)25-15-17-28(21-29,18-16-25)24-9-6-10-26(19-24)33-2/h3-14,19,25H,15-18,20H2,1-2H3/t25-,28-. The van der Waals surface area contributed by atoms with Gasteiger partial charge in [0, 0.05) is 12.6 Å². The summed E-state index contributed by atoms with van der Waals surface area (Å²) in [5.41, 5.74) is 2.26. The van der Waals surface area contributed by atoms with Gasteiger partial charge in [0.15, 0.2) is 0 Å². The number of hydrogen-bond acceptors (Lipinski definition) is 4. The number of nitriles is 1. The van der Waals surface area contributed by atoms with E-state index in [0.29, 0.717) is 37.1 Å². The molecule has 1 saturated carbocycles. The van der Waals surface area contributed by atoms with E-state index in [4.69, 9.17) is 4.74 Å². The lowest BCUT2D eigenvalue weighted by molar-refractivity contribution is 0.211. The molecule has 4 rings (SSSR count). The molecule has 3 aromatic rings. The van der Waals surface area contributed by atoms with E-state index >= 15 is 0 Å². The molecule has 0 bridgehead atoms. The van der Waals surface area contributed by atoms with Crippen LogP contribution < -0.4 is 4.74 Å². The maximum Gasteiger partial charge on any atom is 0.243 e. The molecule has 1 aliphatic carbocycles. The van der Waals surface area contributed by atoms with Crippen LogP contribution in [0.1, 0.15) is 42.4 Å². The highest BCUT2D eigenvalue weighted by atomic mass is 32.2. The fourth-order valence-electron chi connectivity index (χ4n) is 4.79. The Kier molecular flexibility index (Phi) is 7.06. The highest BCUT2D eigenvalue weighted by Crippen LogP contribution is 2.42. The third-order valence-corrected chi connectivity index (χ3v) is 8.77. The molecule has 176 valence electrons. The molecule has 6 heteroatoms. The minimum Gasteiger partial charge on any atom is -0.497 e. The van der Waals surface area contributed by atoms with Crippen molar-refractivity contribution < 1.29 is 13.2 Å². The van der Waals surface area contributed by atoms with Gasteiger partial charge >= 0.3 is 0 Å². The van der Waals surface area contributed by atoms with Gasteiger partial charge in [-0.25, -0.2) is 8.42 Å². The predicted octanol–water partition coefficient (Wildman–Crippen LogP) is 5.60. The van der Waals surface area contributed by atoms with Gasteiger partial charge in [-0.15, -0.1) is 0 Å². The van der Waals surface area contributed by atoms with Gasteiger partial charge < -0.3 is 4.74 Å². The van der Waals surface area contributed by atoms with Crippen LogP contribution in [0.2, 0.25) is 0 Å². The quantitative estimate of drug-likeness (QED) is 0.447.